The summed E-state index contributed by atoms with van der Waals surface area (Å²) in [5.74, 6) is -1.41. The van der Waals surface area contributed by atoms with Crippen molar-refractivity contribution in [2.45, 2.75) is 152 Å². The molecule has 4 amide bonds. The van der Waals surface area contributed by atoms with Gasteiger partial charge in [0.05, 0.1) is 208 Å². The van der Waals surface area contributed by atoms with Crippen LogP contribution in [-0.4, -0.2) is 362 Å². The van der Waals surface area contributed by atoms with Crippen LogP contribution in [0.2, 0.25) is 0 Å². The van der Waals surface area contributed by atoms with E-state index in [-0.39, 0.29) is 72.6 Å². The average Bonchev–Trinajstić information content (AvgIpc) is 1.62. The molecular formula is C87H130N9O31+. The second-order valence-electron chi connectivity index (χ2n) is 30.8. The first-order valence-electron chi connectivity index (χ1n) is 43.0. The number of ether oxygens (including phenoxy) is 17. The van der Waals surface area contributed by atoms with Crippen LogP contribution in [-0.2, 0) is 118 Å². The predicted molar refractivity (Wildman–Crippen MR) is 458 cm³/mol. The minimum Gasteiger partial charge on any atom is -0.478 e. The minimum absolute atomic E-state index is 0.0271. The number of unbranched alkanes of at least 4 members (excludes halogenated alkanes) is 2. The Bertz CT molecular complexity index is 4190. The molecule has 11 atom stereocenters. The lowest BCUT2D eigenvalue weighted by Gasteiger charge is -2.39. The lowest BCUT2D eigenvalue weighted by Crippen LogP contribution is -2.60. The Morgan fingerprint density at radius 2 is 1.02 bits per heavy atom. The quantitative estimate of drug-likeness (QED) is 0.0191. The molecule has 2 aliphatic rings. The molecule has 2 aliphatic heterocycles. The van der Waals surface area contributed by atoms with E-state index in [0.717, 1.165) is 29.5 Å². The van der Waals surface area contributed by atoms with Crippen LogP contribution >= 0.6 is 0 Å². The van der Waals surface area contributed by atoms with Crippen molar-refractivity contribution in [1.82, 2.24) is 25.2 Å². The molecule has 0 spiro atoms. The Morgan fingerprint density at radius 1 is 0.520 bits per heavy atom. The van der Waals surface area contributed by atoms with Gasteiger partial charge in [-0.1, -0.05) is 49.7 Å². The normalized spacial score (nSPS) is 19.2. The maximum Gasteiger partial charge on any atom is 0.413 e. The number of aliphatic hydroxyl groups is 8. The van der Waals surface area contributed by atoms with Crippen molar-refractivity contribution in [2.75, 3.05) is 210 Å². The summed E-state index contributed by atoms with van der Waals surface area (Å²) >= 11 is 0. The molecule has 4 unspecified atom stereocenters. The topological polar surface area (TPSA) is 529 Å². The molecule has 40 nitrogen and oxygen atoms in total. The van der Waals surface area contributed by atoms with E-state index >= 15 is 0 Å². The Hall–Kier alpha value is -8.45. The molecule has 6 aromatic rings. The standard InChI is InChI=1S/C87H129N9O31/c1-5-6-10-71-93-74-75(64-21-18-62(84(108)109)51-66(64)92-82(74)94-87(110)123-57-60-15-19-63(20-16-60)124-85-80(105)78(103)76(101)69(55-97)126-85)95(71)52-58-11-13-59(14-12-58)53-96(2,3)54-61-17-22-68(125-86-81(106)79(104)77(102)70(56-98)127-86)67(50-61)91-73(100)23-26-90-83(107)65(88)9-7-8-25-89-72(99)24-27-112-30-31-114-34-35-116-38-39-118-42-43-120-46-47-122-49-48-121-45-44-119-41-40-117-37-36-115-33-32-113-29-28-111-4/h11-22,50-51,65,69-70,76-81,85-86,97-98,101-106H,5-10,23-49,52-57,88H2,1-4H3,(H4-,89,90,91,92,94,99,100,107,108,109,110)/p+1/t65?,69-,70?,76-,77-,78+,79+,80+,81?,85?,86+/m1/s1. The van der Waals surface area contributed by atoms with E-state index in [9.17, 15) is 69.9 Å². The summed E-state index contributed by atoms with van der Waals surface area (Å²) in [4.78, 5) is 75.1. The van der Waals surface area contributed by atoms with Crippen LogP contribution in [0.15, 0.2) is 84.9 Å². The third-order valence-corrected chi connectivity index (χ3v) is 20.2. The van der Waals surface area contributed by atoms with Crippen LogP contribution in [0.3, 0.4) is 0 Å². The molecule has 2 saturated heterocycles. The number of fused-ring (bicyclic) bond motifs is 3. The van der Waals surface area contributed by atoms with Gasteiger partial charge in [0.2, 0.25) is 30.3 Å². The summed E-state index contributed by atoms with van der Waals surface area (Å²) in [6.45, 7) is 12.2. The zero-order chi connectivity index (χ0) is 91.1. The third kappa shape index (κ3) is 36.4. The molecule has 127 heavy (non-hydrogen) atoms. The maximum absolute atomic E-state index is 13.7. The van der Waals surface area contributed by atoms with E-state index in [4.69, 9.17) is 96.2 Å². The van der Waals surface area contributed by atoms with Crippen LogP contribution in [0.1, 0.15) is 90.3 Å². The number of methoxy groups -OCH3 is 1. The third-order valence-electron chi connectivity index (χ3n) is 20.2. The number of carbonyl (C=O) groups excluding carboxylic acids is 4. The van der Waals surface area contributed by atoms with Crippen molar-refractivity contribution in [2.24, 2.45) is 5.73 Å². The highest BCUT2D eigenvalue weighted by Crippen LogP contribution is 2.35. The molecule has 8 rings (SSSR count). The number of quaternary nitrogens is 1. The number of rotatable bonds is 65. The highest BCUT2D eigenvalue weighted by Gasteiger charge is 2.46. The van der Waals surface area contributed by atoms with Gasteiger partial charge in [0, 0.05) is 62.5 Å². The first-order valence-corrected chi connectivity index (χ1v) is 43.0. The van der Waals surface area contributed by atoms with E-state index < -0.39 is 105 Å². The van der Waals surface area contributed by atoms with Crippen LogP contribution in [0.25, 0.3) is 21.9 Å². The van der Waals surface area contributed by atoms with E-state index in [1.54, 1.807) is 43.5 Å². The van der Waals surface area contributed by atoms with Gasteiger partial charge in [-0.25, -0.2) is 19.6 Å². The smallest absolute Gasteiger partial charge is 0.413 e. The number of hydrogen-bond acceptors (Lipinski definition) is 33. The van der Waals surface area contributed by atoms with E-state index in [1.807, 2.05) is 42.9 Å². The summed E-state index contributed by atoms with van der Waals surface area (Å²) in [5, 5.41) is 104. The van der Waals surface area contributed by atoms with Crippen LogP contribution in [0.5, 0.6) is 11.5 Å². The summed E-state index contributed by atoms with van der Waals surface area (Å²) in [6.07, 6.45) is -12.8. The van der Waals surface area contributed by atoms with Crippen molar-refractivity contribution < 1.29 is 155 Å². The van der Waals surface area contributed by atoms with Gasteiger partial charge in [-0.15, -0.1) is 0 Å². The van der Waals surface area contributed by atoms with Crippen molar-refractivity contribution in [3.05, 3.63) is 119 Å². The highest BCUT2D eigenvalue weighted by atomic mass is 16.7. The molecule has 0 radical (unpaired) electrons. The average molecular weight is 1800 g/mol. The molecule has 15 N–H and O–H groups in total. The number of aliphatic hydroxyl groups excluding tert-OH is 8. The van der Waals surface area contributed by atoms with Crippen LogP contribution < -0.4 is 36.5 Å². The fourth-order valence-corrected chi connectivity index (χ4v) is 13.4. The van der Waals surface area contributed by atoms with Gasteiger partial charge in [0.1, 0.15) is 91.4 Å². The zero-order valence-electron chi connectivity index (χ0n) is 72.9. The fourth-order valence-electron chi connectivity index (χ4n) is 13.4. The number of carboxylic acid groups (broad SMARTS) is 1. The monoisotopic (exact) mass is 1800 g/mol. The summed E-state index contributed by atoms with van der Waals surface area (Å²) in [5.41, 5.74) is 10.7. The lowest BCUT2D eigenvalue weighted by atomic mass is 9.99. The number of nitrogens with two attached hydrogens (primary N) is 1. The Kier molecular flexibility index (Phi) is 47.1. The van der Waals surface area contributed by atoms with Gasteiger partial charge in [-0.05, 0) is 85.3 Å². The minimum atomic E-state index is -1.76. The van der Waals surface area contributed by atoms with Gasteiger partial charge < -0.3 is 157 Å². The number of carbonyl (C=O) groups is 5. The van der Waals surface area contributed by atoms with Gasteiger partial charge in [0.25, 0.3) is 0 Å². The fraction of sp³-hybridized carbons (Fsp3) is 0.621. The second kappa shape index (κ2) is 57.6. The molecule has 4 aromatic carbocycles. The first kappa shape index (κ1) is 104. The van der Waals surface area contributed by atoms with Crippen molar-refractivity contribution in [3.63, 3.8) is 0 Å². The van der Waals surface area contributed by atoms with E-state index in [0.29, 0.717) is 230 Å². The number of nitrogens with zero attached hydrogens (tertiary/aromatic N) is 4. The second-order valence-corrected chi connectivity index (χ2v) is 30.8. The number of benzene rings is 4. The van der Waals surface area contributed by atoms with Gasteiger partial charge in [-0.3, -0.25) is 19.7 Å². The predicted octanol–water partition coefficient (Wildman–Crippen LogP) is 1.83. The van der Waals surface area contributed by atoms with Gasteiger partial charge in [0.15, 0.2) is 5.82 Å². The SMILES string of the molecule is CCCCc1nc2c(NC(=O)OCc3ccc(OC4O[C@H](CO)[C@@H](O)[C@H](O)[C@@H]4O)cc3)nc3cc(C(=O)O)ccc3c2n1Cc1ccc(C[N+](C)(C)Cc2ccc(O[C@H]3OC(CO)[C@@H](O)[C@H](O)C3O)c(NC(=O)CCNC(=O)C(N)CCCCNC(=O)CCOCCOCCOCCOCCOCCOCCOCCOCCOCCOCCOCCOC)c2)cc1. The molecule has 40 heteroatoms. The highest BCUT2D eigenvalue weighted by molar-refractivity contribution is 6.10. The van der Waals surface area contributed by atoms with Crippen molar-refractivity contribution in [1.29, 1.82) is 0 Å². The molecule has 4 heterocycles. The molecule has 0 bridgehead atoms. The van der Waals surface area contributed by atoms with E-state index in [1.165, 1.54) is 24.3 Å². The summed E-state index contributed by atoms with van der Waals surface area (Å²) < 4.78 is 96.3. The first-order chi connectivity index (χ1) is 61.5. The van der Waals surface area contributed by atoms with E-state index in [2.05, 4.69) is 28.2 Å². The zero-order valence-corrected chi connectivity index (χ0v) is 72.9. The molecule has 0 saturated carbocycles. The molecule has 2 aromatic heterocycles. The number of aromatic carboxylic acids is 1. The van der Waals surface area contributed by atoms with Crippen LogP contribution in [0.4, 0.5) is 16.3 Å². The summed E-state index contributed by atoms with van der Waals surface area (Å²) in [6, 6.07) is 23.0. The molecule has 2 fully saturated rings. The Morgan fingerprint density at radius 3 is 1.54 bits per heavy atom. The maximum atomic E-state index is 13.7. The number of pyridine rings is 1. The number of amides is 4. The molecule has 0 aliphatic carbocycles. The number of hydrogen-bond donors (Lipinski definition) is 14. The van der Waals surface area contributed by atoms with Crippen molar-refractivity contribution in [3.8, 4) is 11.5 Å². The van der Waals surface area contributed by atoms with Crippen molar-refractivity contribution >= 4 is 63.2 Å². The number of aryl methyl sites for hydroxylation is 1. The number of carboxylic acids is 1. The van der Waals surface area contributed by atoms with Crippen LogP contribution in [0, 0.1) is 0 Å². The number of imidazole rings is 1. The molecule has 708 valence electrons. The molecular weight excluding hydrogens is 1670 g/mol. The number of nitrogens with one attached hydrogen (secondary N) is 4. The van der Waals surface area contributed by atoms with Gasteiger partial charge in [-0.2, -0.15) is 0 Å². The number of aromatic nitrogens is 3. The largest absolute Gasteiger partial charge is 0.478 e. The Labute approximate surface area is 738 Å². The lowest BCUT2D eigenvalue weighted by molar-refractivity contribution is -0.916. The Balaban J connectivity index is 0.714. The van der Waals surface area contributed by atoms with Gasteiger partial charge >= 0.3 is 12.1 Å². The number of anilines is 2. The summed E-state index contributed by atoms with van der Waals surface area (Å²) in [7, 11) is 5.68.